The molecule has 0 amide bonds. The van der Waals surface area contributed by atoms with Gasteiger partial charge in [0.1, 0.15) is 5.39 Å². The van der Waals surface area contributed by atoms with E-state index in [1.165, 1.54) is 6.92 Å². The minimum absolute atomic E-state index is 0.0504. The molecule has 6 heteroatoms. The van der Waals surface area contributed by atoms with E-state index in [0.29, 0.717) is 10.9 Å². The number of carbonyl (C=O) groups excluding carboxylic acids is 1. The van der Waals surface area contributed by atoms with Crippen LogP contribution in [-0.2, 0) is 11.2 Å². The Morgan fingerprint density at radius 1 is 1.04 bits per heavy atom. The summed E-state index contributed by atoms with van der Waals surface area (Å²) in [6, 6.07) is 16.2. The van der Waals surface area contributed by atoms with Crippen molar-refractivity contribution in [1.82, 2.24) is 4.98 Å². The zero-order valence-electron chi connectivity index (χ0n) is 14.4. The van der Waals surface area contributed by atoms with E-state index < -0.39 is 17.2 Å². The summed E-state index contributed by atoms with van der Waals surface area (Å²) in [6.07, 6.45) is 0.175. The molecule has 27 heavy (non-hydrogen) atoms. The quantitative estimate of drug-likeness (QED) is 0.447. The number of H-pyrrole nitrogens is 1. The smallest absolute Gasteiger partial charge is 0.343 e. The normalized spacial score (nSPS) is 11.0. The van der Waals surface area contributed by atoms with Gasteiger partial charge in [-0.25, -0.2) is 4.79 Å². The van der Waals surface area contributed by atoms with Crippen LogP contribution in [0.25, 0.3) is 21.9 Å². The summed E-state index contributed by atoms with van der Waals surface area (Å²) < 4.78 is 10.8. The minimum Gasteiger partial charge on any atom is -0.425 e. The number of carbonyl (C=O) groups is 1. The van der Waals surface area contributed by atoms with Crippen molar-refractivity contribution in [3.8, 4) is 5.75 Å². The number of pyridine rings is 1. The zero-order chi connectivity index (χ0) is 19.0. The van der Waals surface area contributed by atoms with Crippen molar-refractivity contribution in [1.29, 1.82) is 0 Å². The second-order valence-electron chi connectivity index (χ2n) is 6.16. The average molecular weight is 361 g/mol. The van der Waals surface area contributed by atoms with E-state index in [1.807, 2.05) is 30.3 Å². The van der Waals surface area contributed by atoms with Crippen LogP contribution in [0.5, 0.6) is 5.75 Å². The predicted molar refractivity (Wildman–Crippen MR) is 101 cm³/mol. The third-order valence-electron chi connectivity index (χ3n) is 4.29. The number of esters is 1. The Labute approximate surface area is 153 Å². The summed E-state index contributed by atoms with van der Waals surface area (Å²) in [5, 5.41) is 0.610. The van der Waals surface area contributed by atoms with E-state index in [1.54, 1.807) is 24.3 Å². The second-order valence-corrected chi connectivity index (χ2v) is 6.16. The fraction of sp³-hybridized carbons (Fsp3) is 0.0952. The number of benzene rings is 2. The van der Waals surface area contributed by atoms with Gasteiger partial charge in [-0.3, -0.25) is 9.59 Å². The first-order chi connectivity index (χ1) is 13.0. The summed E-state index contributed by atoms with van der Waals surface area (Å²) in [4.78, 5) is 39.9. The van der Waals surface area contributed by atoms with Gasteiger partial charge in [0.25, 0.3) is 5.56 Å². The van der Waals surface area contributed by atoms with Crippen molar-refractivity contribution in [2.75, 3.05) is 0 Å². The predicted octanol–water partition coefficient (Wildman–Crippen LogP) is 3.15. The number of fused-ring (bicyclic) bond motifs is 3. The molecule has 2 aromatic heterocycles. The number of aromatic amines is 1. The van der Waals surface area contributed by atoms with Gasteiger partial charge in [0.2, 0.25) is 0 Å². The molecule has 4 aromatic rings. The first kappa shape index (κ1) is 16.8. The van der Waals surface area contributed by atoms with Crippen LogP contribution < -0.4 is 15.9 Å². The summed E-state index contributed by atoms with van der Waals surface area (Å²) in [6.45, 7) is 1.22. The van der Waals surface area contributed by atoms with Gasteiger partial charge in [-0.05, 0) is 17.7 Å². The average Bonchev–Trinajstić information content (AvgIpc) is 2.65. The molecule has 2 heterocycles. The topological polar surface area (TPSA) is 89.4 Å². The van der Waals surface area contributed by atoms with Crippen molar-refractivity contribution in [3.05, 3.63) is 86.5 Å². The molecule has 0 aliphatic rings. The third-order valence-corrected chi connectivity index (χ3v) is 4.29. The number of ether oxygens (including phenoxy) is 1. The lowest BCUT2D eigenvalue weighted by Gasteiger charge is -2.11. The van der Waals surface area contributed by atoms with E-state index in [-0.39, 0.29) is 28.7 Å². The maximum atomic E-state index is 12.7. The van der Waals surface area contributed by atoms with Gasteiger partial charge < -0.3 is 14.1 Å². The highest BCUT2D eigenvalue weighted by molar-refractivity contribution is 6.04. The van der Waals surface area contributed by atoms with Crippen LogP contribution in [0.15, 0.2) is 68.6 Å². The molecule has 0 spiro atoms. The molecule has 4 rings (SSSR count). The lowest BCUT2D eigenvalue weighted by Crippen LogP contribution is -2.18. The van der Waals surface area contributed by atoms with Crippen molar-refractivity contribution in [2.45, 2.75) is 13.3 Å². The van der Waals surface area contributed by atoms with Gasteiger partial charge >= 0.3 is 11.6 Å². The van der Waals surface area contributed by atoms with Gasteiger partial charge in [0.15, 0.2) is 11.3 Å². The van der Waals surface area contributed by atoms with Gasteiger partial charge in [0.05, 0.1) is 11.1 Å². The SMILES string of the molecule is CC(=O)Oc1c(Cc2ccccc2)c(=O)oc2c1c(=O)[nH]c1ccccc12. The molecule has 0 atom stereocenters. The zero-order valence-corrected chi connectivity index (χ0v) is 14.4. The molecule has 6 nitrogen and oxygen atoms in total. The highest BCUT2D eigenvalue weighted by Gasteiger charge is 2.22. The summed E-state index contributed by atoms with van der Waals surface area (Å²) in [5.74, 6) is -0.673. The molecule has 134 valence electrons. The Bertz CT molecular complexity index is 1290. The van der Waals surface area contributed by atoms with Crippen LogP contribution in [0.1, 0.15) is 18.1 Å². The highest BCUT2D eigenvalue weighted by atomic mass is 16.5. The van der Waals surface area contributed by atoms with Gasteiger partial charge in [0, 0.05) is 18.7 Å². The standard InChI is InChI=1S/C21H15NO5/c1-12(23)26-19-15(11-13-7-3-2-4-8-13)21(25)27-18-14-9-5-6-10-16(14)22-20(24)17(18)19/h2-10H,11H2,1H3,(H,22,24). The highest BCUT2D eigenvalue weighted by Crippen LogP contribution is 2.30. The second kappa shape index (κ2) is 6.57. The molecule has 0 bridgehead atoms. The maximum absolute atomic E-state index is 12.7. The molecule has 0 fully saturated rings. The summed E-state index contributed by atoms with van der Waals surface area (Å²) >= 11 is 0. The van der Waals surface area contributed by atoms with E-state index in [4.69, 9.17) is 9.15 Å². The van der Waals surface area contributed by atoms with Crippen molar-refractivity contribution >= 4 is 27.8 Å². The minimum atomic E-state index is -0.640. The first-order valence-electron chi connectivity index (χ1n) is 8.37. The maximum Gasteiger partial charge on any atom is 0.343 e. The molecule has 1 N–H and O–H groups in total. The Hall–Kier alpha value is -3.67. The Morgan fingerprint density at radius 3 is 2.48 bits per heavy atom. The van der Waals surface area contributed by atoms with E-state index in [9.17, 15) is 14.4 Å². The van der Waals surface area contributed by atoms with E-state index >= 15 is 0 Å². The Morgan fingerprint density at radius 2 is 1.74 bits per heavy atom. The number of aromatic nitrogens is 1. The molecule has 0 radical (unpaired) electrons. The molecule has 0 saturated heterocycles. The van der Waals surface area contributed by atoms with E-state index in [2.05, 4.69) is 4.98 Å². The number of nitrogens with one attached hydrogen (secondary N) is 1. The van der Waals surface area contributed by atoms with Crippen LogP contribution >= 0.6 is 0 Å². The lowest BCUT2D eigenvalue weighted by molar-refractivity contribution is -0.131. The molecular weight excluding hydrogens is 346 g/mol. The van der Waals surface area contributed by atoms with Crippen molar-refractivity contribution in [2.24, 2.45) is 0 Å². The Balaban J connectivity index is 2.09. The number of para-hydroxylation sites is 1. The lowest BCUT2D eigenvalue weighted by atomic mass is 10.0. The summed E-state index contributed by atoms with van der Waals surface area (Å²) in [7, 11) is 0. The molecule has 2 aromatic carbocycles. The number of hydrogen-bond acceptors (Lipinski definition) is 5. The fourth-order valence-corrected chi connectivity index (χ4v) is 3.13. The Kier molecular flexibility index (Phi) is 4.08. The fourth-order valence-electron chi connectivity index (χ4n) is 3.13. The van der Waals surface area contributed by atoms with Crippen LogP contribution in [-0.4, -0.2) is 11.0 Å². The molecule has 0 unspecified atom stereocenters. The number of hydrogen-bond donors (Lipinski definition) is 1. The van der Waals surface area contributed by atoms with Crippen LogP contribution in [0.3, 0.4) is 0 Å². The van der Waals surface area contributed by atoms with Crippen molar-refractivity contribution in [3.63, 3.8) is 0 Å². The van der Waals surface area contributed by atoms with Crippen LogP contribution in [0, 0.1) is 0 Å². The molecule has 0 aliphatic carbocycles. The van der Waals surface area contributed by atoms with Gasteiger partial charge in [-0.1, -0.05) is 42.5 Å². The molecular formula is C21H15NO5. The summed E-state index contributed by atoms with van der Waals surface area (Å²) in [5.41, 5.74) is 0.464. The van der Waals surface area contributed by atoms with Gasteiger partial charge in [-0.2, -0.15) is 0 Å². The molecule has 0 saturated carbocycles. The van der Waals surface area contributed by atoms with Crippen LogP contribution in [0.4, 0.5) is 0 Å². The molecule has 0 aliphatic heterocycles. The third kappa shape index (κ3) is 3.01. The van der Waals surface area contributed by atoms with Crippen LogP contribution in [0.2, 0.25) is 0 Å². The largest absolute Gasteiger partial charge is 0.425 e. The first-order valence-corrected chi connectivity index (χ1v) is 8.37. The monoisotopic (exact) mass is 361 g/mol. The van der Waals surface area contributed by atoms with E-state index in [0.717, 1.165) is 5.56 Å². The number of rotatable bonds is 3. The van der Waals surface area contributed by atoms with Crippen molar-refractivity contribution < 1.29 is 13.9 Å². The van der Waals surface area contributed by atoms with Gasteiger partial charge in [-0.15, -0.1) is 0 Å².